The molecule has 0 saturated heterocycles. The van der Waals surface area contributed by atoms with E-state index in [1.807, 2.05) is 38.1 Å². The van der Waals surface area contributed by atoms with Gasteiger partial charge in [-0.05, 0) is 37.5 Å². The SMILES string of the molecule is CC[C@@H](C(=O)NC)N(Cc1cccc(C)c1)C(=O)CCCN(c1ccc2c(c1)OCO2)S(C)(=O)=O. The number of aryl methyl sites for hydroxylation is 1. The summed E-state index contributed by atoms with van der Waals surface area (Å²) < 4.78 is 36.9. The number of nitrogens with zero attached hydrogens (tertiary/aromatic N) is 2. The largest absolute Gasteiger partial charge is 0.454 e. The Morgan fingerprint density at radius 3 is 2.51 bits per heavy atom. The van der Waals surface area contributed by atoms with Crippen LogP contribution in [0.4, 0.5) is 5.69 Å². The number of likely N-dealkylation sites (N-methyl/N-ethyl adjacent to an activating group) is 1. The molecule has 1 heterocycles. The van der Waals surface area contributed by atoms with Crippen molar-refractivity contribution in [1.82, 2.24) is 10.2 Å². The molecule has 0 unspecified atom stereocenters. The number of sulfonamides is 1. The molecule has 0 fully saturated rings. The number of hydrogen-bond acceptors (Lipinski definition) is 6. The van der Waals surface area contributed by atoms with Gasteiger partial charge >= 0.3 is 0 Å². The monoisotopic (exact) mass is 503 g/mol. The zero-order valence-electron chi connectivity index (χ0n) is 20.6. The number of nitrogens with one attached hydrogen (secondary N) is 1. The van der Waals surface area contributed by atoms with Gasteiger partial charge in [0.15, 0.2) is 11.5 Å². The molecule has 2 aromatic rings. The van der Waals surface area contributed by atoms with Gasteiger partial charge in [0.1, 0.15) is 6.04 Å². The number of hydrogen-bond donors (Lipinski definition) is 1. The van der Waals surface area contributed by atoms with Gasteiger partial charge in [-0.3, -0.25) is 13.9 Å². The Balaban J connectivity index is 1.75. The number of anilines is 1. The Bertz CT molecular complexity index is 1170. The van der Waals surface area contributed by atoms with Crippen LogP contribution in [0.5, 0.6) is 11.5 Å². The zero-order chi connectivity index (χ0) is 25.6. The molecule has 1 atom stereocenters. The van der Waals surface area contributed by atoms with E-state index in [2.05, 4.69) is 5.32 Å². The summed E-state index contributed by atoms with van der Waals surface area (Å²) in [5, 5.41) is 2.64. The van der Waals surface area contributed by atoms with Gasteiger partial charge in [-0.2, -0.15) is 0 Å². The molecule has 0 radical (unpaired) electrons. The lowest BCUT2D eigenvalue weighted by molar-refractivity contribution is -0.141. The van der Waals surface area contributed by atoms with E-state index in [-0.39, 0.29) is 38.0 Å². The minimum Gasteiger partial charge on any atom is -0.454 e. The van der Waals surface area contributed by atoms with E-state index in [0.29, 0.717) is 30.2 Å². The quantitative estimate of drug-likeness (QED) is 0.506. The Labute approximate surface area is 207 Å². The number of carbonyl (C=O) groups excluding carboxylic acids is 2. The first-order valence-corrected chi connectivity index (χ1v) is 13.4. The third-order valence-electron chi connectivity index (χ3n) is 5.86. The van der Waals surface area contributed by atoms with Crippen LogP contribution in [0.15, 0.2) is 42.5 Å². The summed E-state index contributed by atoms with van der Waals surface area (Å²) in [4.78, 5) is 27.4. The molecule has 1 N–H and O–H groups in total. The van der Waals surface area contributed by atoms with Gasteiger partial charge in [-0.15, -0.1) is 0 Å². The second-order valence-electron chi connectivity index (χ2n) is 8.53. The minimum atomic E-state index is -3.60. The van der Waals surface area contributed by atoms with Gasteiger partial charge in [0.25, 0.3) is 0 Å². The van der Waals surface area contributed by atoms with Crippen LogP contribution < -0.4 is 19.1 Å². The Morgan fingerprint density at radius 2 is 1.86 bits per heavy atom. The van der Waals surface area contributed by atoms with Gasteiger partial charge < -0.3 is 19.7 Å². The van der Waals surface area contributed by atoms with E-state index in [9.17, 15) is 18.0 Å². The maximum Gasteiger partial charge on any atom is 0.242 e. The zero-order valence-corrected chi connectivity index (χ0v) is 21.4. The van der Waals surface area contributed by atoms with Crippen LogP contribution in [0.25, 0.3) is 0 Å². The third-order valence-corrected chi connectivity index (χ3v) is 7.06. The van der Waals surface area contributed by atoms with Gasteiger partial charge in [0.05, 0.1) is 11.9 Å². The van der Waals surface area contributed by atoms with Gasteiger partial charge in [0, 0.05) is 32.6 Å². The second-order valence-corrected chi connectivity index (χ2v) is 10.4. The van der Waals surface area contributed by atoms with E-state index in [4.69, 9.17) is 9.47 Å². The number of fused-ring (bicyclic) bond motifs is 1. The van der Waals surface area contributed by atoms with E-state index in [1.54, 1.807) is 30.1 Å². The van der Waals surface area contributed by atoms with Crippen molar-refractivity contribution in [2.45, 2.75) is 45.7 Å². The van der Waals surface area contributed by atoms with Crippen molar-refractivity contribution in [3.63, 3.8) is 0 Å². The fourth-order valence-corrected chi connectivity index (χ4v) is 5.09. The van der Waals surface area contributed by atoms with Crippen molar-refractivity contribution >= 4 is 27.5 Å². The molecule has 1 aliphatic heterocycles. The molecule has 0 aliphatic carbocycles. The Hall–Kier alpha value is -3.27. The molecular weight excluding hydrogens is 470 g/mol. The van der Waals surface area contributed by atoms with Crippen molar-refractivity contribution < 1.29 is 27.5 Å². The Kier molecular flexibility index (Phi) is 8.61. The molecular formula is C25H33N3O6S. The normalized spacial score (nSPS) is 13.3. The lowest BCUT2D eigenvalue weighted by Gasteiger charge is -2.31. The van der Waals surface area contributed by atoms with Crippen LogP contribution in [0, 0.1) is 6.92 Å². The van der Waals surface area contributed by atoms with Crippen LogP contribution in [-0.4, -0.2) is 57.8 Å². The predicted molar refractivity (Wildman–Crippen MR) is 134 cm³/mol. The molecule has 0 aromatic heterocycles. The highest BCUT2D eigenvalue weighted by molar-refractivity contribution is 7.92. The topological polar surface area (TPSA) is 105 Å². The van der Waals surface area contributed by atoms with E-state index < -0.39 is 16.1 Å². The number of benzene rings is 2. The number of rotatable bonds is 11. The summed E-state index contributed by atoms with van der Waals surface area (Å²) in [5.41, 5.74) is 2.44. The number of amides is 2. The summed E-state index contributed by atoms with van der Waals surface area (Å²) in [6, 6.07) is 12.1. The van der Waals surface area contributed by atoms with Crippen LogP contribution in [0.1, 0.15) is 37.3 Å². The summed E-state index contributed by atoms with van der Waals surface area (Å²) >= 11 is 0. The molecule has 0 bridgehead atoms. The third kappa shape index (κ3) is 6.66. The van der Waals surface area contributed by atoms with Crippen LogP contribution in [-0.2, 0) is 26.2 Å². The highest BCUT2D eigenvalue weighted by Gasteiger charge is 2.28. The molecule has 10 heteroatoms. The summed E-state index contributed by atoms with van der Waals surface area (Å²) in [6.07, 6.45) is 1.97. The van der Waals surface area contributed by atoms with Gasteiger partial charge in [0.2, 0.25) is 28.6 Å². The maximum atomic E-state index is 13.3. The molecule has 2 aromatic carbocycles. The summed E-state index contributed by atoms with van der Waals surface area (Å²) in [7, 11) is -2.05. The Morgan fingerprint density at radius 1 is 1.11 bits per heavy atom. The van der Waals surface area contributed by atoms with Crippen LogP contribution >= 0.6 is 0 Å². The van der Waals surface area contributed by atoms with Crippen molar-refractivity contribution in [1.29, 1.82) is 0 Å². The highest BCUT2D eigenvalue weighted by atomic mass is 32.2. The molecule has 190 valence electrons. The van der Waals surface area contributed by atoms with Crippen LogP contribution in [0.3, 0.4) is 0 Å². The summed E-state index contributed by atoms with van der Waals surface area (Å²) in [6.45, 7) is 4.33. The average molecular weight is 504 g/mol. The molecule has 9 nitrogen and oxygen atoms in total. The lowest BCUT2D eigenvalue weighted by atomic mass is 10.1. The first-order valence-electron chi connectivity index (χ1n) is 11.6. The van der Waals surface area contributed by atoms with E-state index in [1.165, 1.54) is 4.31 Å². The van der Waals surface area contributed by atoms with Gasteiger partial charge in [-0.1, -0.05) is 36.8 Å². The fraction of sp³-hybridized carbons (Fsp3) is 0.440. The molecule has 3 rings (SSSR count). The summed E-state index contributed by atoms with van der Waals surface area (Å²) in [5.74, 6) is 0.601. The van der Waals surface area contributed by atoms with Crippen molar-refractivity contribution in [3.05, 3.63) is 53.6 Å². The predicted octanol–water partition coefficient (Wildman–Crippen LogP) is 2.82. The molecule has 35 heavy (non-hydrogen) atoms. The standard InChI is InChI=1S/C25H33N3O6S/c1-5-21(25(30)26-3)27(16-19-9-6-8-18(2)14-19)24(29)10-7-13-28(35(4,31)32)20-11-12-22-23(15-20)34-17-33-22/h6,8-9,11-12,14-15,21H,5,7,10,13,16-17H2,1-4H3,(H,26,30)/t21-/m0/s1. The molecule has 0 spiro atoms. The number of carbonyl (C=O) groups is 2. The van der Waals surface area contributed by atoms with Crippen LogP contribution in [0.2, 0.25) is 0 Å². The first-order chi connectivity index (χ1) is 16.6. The molecule has 0 saturated carbocycles. The maximum absolute atomic E-state index is 13.3. The second kappa shape index (κ2) is 11.4. The van der Waals surface area contributed by atoms with Crippen molar-refractivity contribution in [2.24, 2.45) is 0 Å². The van der Waals surface area contributed by atoms with E-state index in [0.717, 1.165) is 17.4 Å². The fourth-order valence-electron chi connectivity index (χ4n) is 4.14. The average Bonchev–Trinajstić information content (AvgIpc) is 3.28. The minimum absolute atomic E-state index is 0.0901. The first kappa shape index (κ1) is 26.3. The smallest absolute Gasteiger partial charge is 0.242 e. The lowest BCUT2D eigenvalue weighted by Crippen LogP contribution is -2.48. The van der Waals surface area contributed by atoms with Gasteiger partial charge in [-0.25, -0.2) is 8.42 Å². The van der Waals surface area contributed by atoms with E-state index >= 15 is 0 Å². The van der Waals surface area contributed by atoms with Crippen molar-refractivity contribution in [2.75, 3.05) is 30.9 Å². The molecule has 1 aliphatic rings. The molecule has 2 amide bonds. The highest BCUT2D eigenvalue weighted by Crippen LogP contribution is 2.36. The van der Waals surface area contributed by atoms with Crippen molar-refractivity contribution in [3.8, 4) is 11.5 Å². The number of ether oxygens (including phenoxy) is 2.